The smallest absolute Gasteiger partial charge is 0.326 e. The molecule has 0 unspecified atom stereocenters. The van der Waals surface area contributed by atoms with Crippen LogP contribution in [0.3, 0.4) is 0 Å². The average molecular weight is 261 g/mol. The van der Waals surface area contributed by atoms with Crippen LogP contribution in [0.4, 0.5) is 0 Å². The number of ether oxygens (including phenoxy) is 1. The Bertz CT molecular complexity index is 410. The highest BCUT2D eigenvalue weighted by atomic mass is 16.5. The molecule has 0 aliphatic carbocycles. The fourth-order valence-corrected chi connectivity index (χ4v) is 1.56. The molecule has 0 aliphatic heterocycles. The van der Waals surface area contributed by atoms with Gasteiger partial charge in [-0.25, -0.2) is 0 Å². The molecule has 19 heavy (non-hydrogen) atoms. The van der Waals surface area contributed by atoms with Gasteiger partial charge in [-0.2, -0.15) is 0 Å². The van der Waals surface area contributed by atoms with E-state index in [1.807, 2.05) is 42.5 Å². The van der Waals surface area contributed by atoms with Crippen molar-refractivity contribution in [2.75, 3.05) is 6.61 Å². The number of carbonyl (C=O) groups is 1. The Kier molecular flexibility index (Phi) is 6.30. The van der Waals surface area contributed by atoms with Crippen molar-refractivity contribution in [2.24, 2.45) is 5.73 Å². The molecule has 0 bridgehead atoms. The quantitative estimate of drug-likeness (QED) is 0.606. The Morgan fingerprint density at radius 1 is 1.37 bits per heavy atom. The van der Waals surface area contributed by atoms with Crippen LogP contribution in [0.25, 0.3) is 6.08 Å². The van der Waals surface area contributed by atoms with Crippen molar-refractivity contribution < 1.29 is 9.53 Å². The molecule has 0 saturated carbocycles. The van der Waals surface area contributed by atoms with Gasteiger partial charge in [0.2, 0.25) is 0 Å². The maximum atomic E-state index is 11.8. The summed E-state index contributed by atoms with van der Waals surface area (Å²) in [4.78, 5) is 11.8. The standard InChI is InChI=1S/C16H23NO2/c1-3-4-13-19-15(18)16(2,17)12-8-11-14-9-6-5-7-10-14/h5-11H,3-4,12-13,17H2,1-2H3/b11-8+/t16-/m1/s1. The van der Waals surface area contributed by atoms with Crippen molar-refractivity contribution in [1.82, 2.24) is 0 Å². The van der Waals surface area contributed by atoms with E-state index in [-0.39, 0.29) is 5.97 Å². The number of hydrogen-bond acceptors (Lipinski definition) is 3. The minimum absolute atomic E-state index is 0.335. The molecule has 1 aromatic rings. The van der Waals surface area contributed by atoms with Gasteiger partial charge in [0.1, 0.15) is 5.54 Å². The number of hydrogen-bond donors (Lipinski definition) is 1. The third kappa shape index (κ3) is 5.71. The molecule has 1 atom stereocenters. The maximum Gasteiger partial charge on any atom is 0.326 e. The number of rotatable bonds is 7. The van der Waals surface area contributed by atoms with Crippen LogP contribution in [0.2, 0.25) is 0 Å². The van der Waals surface area contributed by atoms with Crippen LogP contribution < -0.4 is 5.73 Å². The number of benzene rings is 1. The first-order chi connectivity index (χ1) is 9.06. The molecular weight excluding hydrogens is 238 g/mol. The third-order valence-electron chi connectivity index (χ3n) is 2.85. The predicted octanol–water partition coefficient (Wildman–Crippen LogP) is 3.15. The van der Waals surface area contributed by atoms with E-state index in [4.69, 9.17) is 10.5 Å². The fraction of sp³-hybridized carbons (Fsp3) is 0.438. The second-order valence-electron chi connectivity index (χ2n) is 4.92. The summed E-state index contributed by atoms with van der Waals surface area (Å²) in [7, 11) is 0. The van der Waals surface area contributed by atoms with E-state index in [1.165, 1.54) is 0 Å². The van der Waals surface area contributed by atoms with Gasteiger partial charge < -0.3 is 10.5 Å². The average Bonchev–Trinajstić information content (AvgIpc) is 2.40. The van der Waals surface area contributed by atoms with Gasteiger partial charge in [-0.15, -0.1) is 0 Å². The number of unbranched alkanes of at least 4 members (excludes halogenated alkanes) is 1. The minimum Gasteiger partial charge on any atom is -0.464 e. The lowest BCUT2D eigenvalue weighted by atomic mass is 9.99. The molecule has 2 N–H and O–H groups in total. The predicted molar refractivity (Wildman–Crippen MR) is 78.6 cm³/mol. The van der Waals surface area contributed by atoms with Crippen LogP contribution in [0.1, 0.15) is 38.7 Å². The molecular formula is C16H23NO2. The van der Waals surface area contributed by atoms with Gasteiger partial charge in [0.25, 0.3) is 0 Å². The minimum atomic E-state index is -0.959. The van der Waals surface area contributed by atoms with E-state index in [1.54, 1.807) is 6.92 Å². The second kappa shape index (κ2) is 7.74. The van der Waals surface area contributed by atoms with Gasteiger partial charge in [0, 0.05) is 0 Å². The van der Waals surface area contributed by atoms with Crippen molar-refractivity contribution in [3.05, 3.63) is 42.0 Å². The Balaban J connectivity index is 2.45. The Morgan fingerprint density at radius 3 is 2.68 bits per heavy atom. The van der Waals surface area contributed by atoms with Crippen molar-refractivity contribution in [3.63, 3.8) is 0 Å². The van der Waals surface area contributed by atoms with Gasteiger partial charge in [0.15, 0.2) is 0 Å². The van der Waals surface area contributed by atoms with Gasteiger partial charge in [-0.1, -0.05) is 55.8 Å². The molecule has 1 rings (SSSR count). The van der Waals surface area contributed by atoms with E-state index in [2.05, 4.69) is 6.92 Å². The zero-order valence-corrected chi connectivity index (χ0v) is 11.8. The summed E-state index contributed by atoms with van der Waals surface area (Å²) in [6, 6.07) is 9.92. The molecule has 0 spiro atoms. The largest absolute Gasteiger partial charge is 0.464 e. The summed E-state index contributed by atoms with van der Waals surface area (Å²) in [6.07, 6.45) is 6.22. The van der Waals surface area contributed by atoms with Crippen molar-refractivity contribution in [2.45, 2.75) is 38.6 Å². The normalized spacial score (nSPS) is 14.3. The van der Waals surface area contributed by atoms with Crippen LogP contribution in [0.15, 0.2) is 36.4 Å². The SMILES string of the molecule is CCCCOC(=O)[C@](C)(N)C/C=C/c1ccccc1. The monoisotopic (exact) mass is 261 g/mol. The summed E-state index contributed by atoms with van der Waals surface area (Å²) < 4.78 is 5.15. The molecule has 0 heterocycles. The maximum absolute atomic E-state index is 11.8. The molecule has 104 valence electrons. The van der Waals surface area contributed by atoms with Crippen LogP contribution in [-0.4, -0.2) is 18.1 Å². The lowest BCUT2D eigenvalue weighted by molar-refractivity contribution is -0.149. The molecule has 0 amide bonds. The Hall–Kier alpha value is -1.61. The molecule has 0 radical (unpaired) electrons. The van der Waals surface area contributed by atoms with Crippen LogP contribution in [0, 0.1) is 0 Å². The fourth-order valence-electron chi connectivity index (χ4n) is 1.56. The Morgan fingerprint density at radius 2 is 2.05 bits per heavy atom. The second-order valence-corrected chi connectivity index (χ2v) is 4.92. The molecule has 1 aromatic carbocycles. The zero-order chi connectivity index (χ0) is 14.1. The number of nitrogens with two attached hydrogens (primary N) is 1. The van der Waals surface area contributed by atoms with Crippen LogP contribution in [0.5, 0.6) is 0 Å². The number of esters is 1. The molecule has 0 aliphatic rings. The summed E-state index contributed by atoms with van der Waals surface area (Å²) >= 11 is 0. The highest BCUT2D eigenvalue weighted by Crippen LogP contribution is 2.11. The van der Waals surface area contributed by atoms with Gasteiger partial charge in [-0.3, -0.25) is 4.79 Å². The molecule has 0 aromatic heterocycles. The number of carbonyl (C=O) groups excluding carboxylic acids is 1. The van der Waals surface area contributed by atoms with Crippen LogP contribution >= 0.6 is 0 Å². The summed E-state index contributed by atoms with van der Waals surface area (Å²) in [5.74, 6) is -0.335. The lowest BCUT2D eigenvalue weighted by Gasteiger charge is -2.20. The van der Waals surface area contributed by atoms with E-state index in [0.717, 1.165) is 18.4 Å². The zero-order valence-electron chi connectivity index (χ0n) is 11.8. The third-order valence-corrected chi connectivity index (χ3v) is 2.85. The lowest BCUT2D eigenvalue weighted by Crippen LogP contribution is -2.45. The Labute approximate surface area is 115 Å². The first-order valence-corrected chi connectivity index (χ1v) is 6.74. The van der Waals surface area contributed by atoms with Gasteiger partial charge >= 0.3 is 5.97 Å². The van der Waals surface area contributed by atoms with Gasteiger partial charge in [-0.05, 0) is 25.3 Å². The van der Waals surface area contributed by atoms with Crippen LogP contribution in [-0.2, 0) is 9.53 Å². The highest BCUT2D eigenvalue weighted by Gasteiger charge is 2.28. The van der Waals surface area contributed by atoms with E-state index >= 15 is 0 Å². The summed E-state index contributed by atoms with van der Waals surface area (Å²) in [5.41, 5.74) is 6.12. The molecule has 3 heteroatoms. The molecule has 3 nitrogen and oxygen atoms in total. The molecule has 0 saturated heterocycles. The van der Waals surface area contributed by atoms with E-state index < -0.39 is 5.54 Å². The highest BCUT2D eigenvalue weighted by molar-refractivity contribution is 5.80. The van der Waals surface area contributed by atoms with Crippen molar-refractivity contribution >= 4 is 12.0 Å². The first-order valence-electron chi connectivity index (χ1n) is 6.74. The van der Waals surface area contributed by atoms with Crippen molar-refractivity contribution in [3.8, 4) is 0 Å². The topological polar surface area (TPSA) is 52.3 Å². The molecule has 0 fully saturated rings. The van der Waals surface area contributed by atoms with E-state index in [9.17, 15) is 4.79 Å². The summed E-state index contributed by atoms with van der Waals surface area (Å²) in [5, 5.41) is 0. The summed E-state index contributed by atoms with van der Waals surface area (Å²) in [6.45, 7) is 4.21. The van der Waals surface area contributed by atoms with Gasteiger partial charge in [0.05, 0.1) is 6.61 Å². The van der Waals surface area contributed by atoms with E-state index in [0.29, 0.717) is 13.0 Å². The first kappa shape index (κ1) is 15.4. The van der Waals surface area contributed by atoms with Crippen molar-refractivity contribution in [1.29, 1.82) is 0 Å².